The topological polar surface area (TPSA) is 67.9 Å². The van der Waals surface area contributed by atoms with Gasteiger partial charge in [0.1, 0.15) is 12.2 Å². The molecule has 3 rings (SSSR count). The molecule has 1 heterocycles. The fourth-order valence-electron chi connectivity index (χ4n) is 3.58. The van der Waals surface area contributed by atoms with Crippen LogP contribution in [0.15, 0.2) is 30.3 Å². The zero-order valence-electron chi connectivity index (χ0n) is 15.2. The number of nitrogens with one attached hydrogen (secondary N) is 1. The van der Waals surface area contributed by atoms with Crippen LogP contribution in [0.4, 0.5) is 9.59 Å². The van der Waals surface area contributed by atoms with Crippen LogP contribution in [0, 0.1) is 11.8 Å². The molecular weight excluding hydrogens is 320 g/mol. The number of fused-ring (bicyclic) bond motifs is 1. The maximum absolute atomic E-state index is 12.3. The zero-order valence-corrected chi connectivity index (χ0v) is 15.2. The highest BCUT2D eigenvalue weighted by molar-refractivity contribution is 5.71. The van der Waals surface area contributed by atoms with Crippen molar-refractivity contribution < 1.29 is 19.1 Å². The van der Waals surface area contributed by atoms with E-state index in [9.17, 15) is 9.59 Å². The van der Waals surface area contributed by atoms with Gasteiger partial charge in [0, 0.05) is 30.5 Å². The number of hydrogen-bond acceptors (Lipinski definition) is 4. The summed E-state index contributed by atoms with van der Waals surface area (Å²) in [5.41, 5.74) is 0.463. The van der Waals surface area contributed by atoms with E-state index in [2.05, 4.69) is 5.32 Å². The van der Waals surface area contributed by atoms with Gasteiger partial charge in [-0.05, 0) is 33.3 Å². The SMILES string of the molecule is C[C@@H]1[C@H]2[C@@H](CN1C(=O)OCc1ccccc1)[C@@H]2NC(=O)OC(C)(C)C. The number of piperidine rings is 1. The Hall–Kier alpha value is -2.24. The van der Waals surface area contributed by atoms with Crippen molar-refractivity contribution in [1.82, 2.24) is 10.2 Å². The van der Waals surface area contributed by atoms with Gasteiger partial charge in [0.15, 0.2) is 0 Å². The summed E-state index contributed by atoms with van der Waals surface area (Å²) in [6.07, 6.45) is -0.683. The van der Waals surface area contributed by atoms with Gasteiger partial charge in [-0.2, -0.15) is 0 Å². The first kappa shape index (κ1) is 17.6. The second kappa shape index (κ2) is 6.58. The smallest absolute Gasteiger partial charge is 0.410 e. The largest absolute Gasteiger partial charge is 0.445 e. The molecular formula is C19H26N2O4. The van der Waals surface area contributed by atoms with Crippen LogP contribution in [0.2, 0.25) is 0 Å². The Kier molecular flexibility index (Phi) is 4.62. The van der Waals surface area contributed by atoms with Crippen molar-refractivity contribution in [2.75, 3.05) is 6.54 Å². The molecule has 1 saturated carbocycles. The van der Waals surface area contributed by atoms with Gasteiger partial charge < -0.3 is 19.7 Å². The van der Waals surface area contributed by atoms with E-state index in [-0.39, 0.29) is 36.6 Å². The Morgan fingerprint density at radius 3 is 2.48 bits per heavy atom. The zero-order chi connectivity index (χ0) is 18.2. The fourth-order valence-corrected chi connectivity index (χ4v) is 3.58. The second-order valence-electron chi connectivity index (χ2n) is 7.85. The number of likely N-dealkylation sites (tertiary alicyclic amines) is 1. The minimum atomic E-state index is -0.507. The third kappa shape index (κ3) is 4.06. The Bertz CT molecular complexity index is 641. The predicted molar refractivity (Wildman–Crippen MR) is 92.9 cm³/mol. The highest BCUT2D eigenvalue weighted by atomic mass is 16.6. The van der Waals surface area contributed by atoms with Gasteiger partial charge in [0.2, 0.25) is 0 Å². The molecule has 1 aromatic rings. The molecule has 6 nitrogen and oxygen atoms in total. The van der Waals surface area contributed by atoms with Crippen LogP contribution in [0.25, 0.3) is 0 Å². The van der Waals surface area contributed by atoms with Gasteiger partial charge >= 0.3 is 12.2 Å². The number of amides is 2. The van der Waals surface area contributed by atoms with Gasteiger partial charge in [-0.15, -0.1) is 0 Å². The molecule has 1 aromatic carbocycles. The number of rotatable bonds is 3. The lowest BCUT2D eigenvalue weighted by atomic mass is 10.2. The van der Waals surface area contributed by atoms with Crippen LogP contribution in [0.5, 0.6) is 0 Å². The van der Waals surface area contributed by atoms with E-state index in [4.69, 9.17) is 9.47 Å². The van der Waals surface area contributed by atoms with Gasteiger partial charge in [-0.3, -0.25) is 0 Å². The van der Waals surface area contributed by atoms with Crippen molar-refractivity contribution in [2.24, 2.45) is 11.8 Å². The van der Waals surface area contributed by atoms with Gasteiger partial charge in [-0.1, -0.05) is 30.3 Å². The van der Waals surface area contributed by atoms with Crippen molar-refractivity contribution in [3.8, 4) is 0 Å². The van der Waals surface area contributed by atoms with Crippen molar-refractivity contribution in [3.63, 3.8) is 0 Å². The molecule has 6 heteroatoms. The highest BCUT2D eigenvalue weighted by Gasteiger charge is 2.62. The third-order valence-electron chi connectivity index (χ3n) is 4.81. The standard InChI is InChI=1S/C19H26N2O4/c1-12-15-14(16(15)20-17(22)25-19(2,3)4)10-21(12)18(23)24-11-13-8-6-5-7-9-13/h5-9,12,14-16H,10-11H2,1-4H3,(H,20,22)/t12-,14-,15+,16+/m1/s1. The Balaban J connectivity index is 1.46. The molecule has 0 spiro atoms. The van der Waals surface area contributed by atoms with E-state index in [1.165, 1.54) is 0 Å². The minimum absolute atomic E-state index is 0.0493. The van der Waals surface area contributed by atoms with E-state index < -0.39 is 11.7 Å². The summed E-state index contributed by atoms with van der Waals surface area (Å²) in [6.45, 7) is 8.41. The summed E-state index contributed by atoms with van der Waals surface area (Å²) in [4.78, 5) is 25.9. The molecule has 0 aromatic heterocycles. The first-order valence-electron chi connectivity index (χ1n) is 8.73. The summed E-state index contributed by atoms with van der Waals surface area (Å²) in [7, 11) is 0. The Morgan fingerprint density at radius 1 is 1.24 bits per heavy atom. The Morgan fingerprint density at radius 2 is 1.92 bits per heavy atom. The average Bonchev–Trinajstić information content (AvgIpc) is 3.07. The van der Waals surface area contributed by atoms with Crippen LogP contribution in [0.1, 0.15) is 33.3 Å². The number of ether oxygens (including phenoxy) is 2. The number of benzene rings is 1. The monoisotopic (exact) mass is 346 g/mol. The lowest BCUT2D eigenvalue weighted by molar-refractivity contribution is 0.0507. The van der Waals surface area contributed by atoms with Crippen molar-refractivity contribution >= 4 is 12.2 Å². The second-order valence-corrected chi connectivity index (χ2v) is 7.85. The summed E-state index contributed by atoms with van der Waals surface area (Å²) in [5, 5.41) is 2.92. The van der Waals surface area contributed by atoms with Crippen molar-refractivity contribution in [2.45, 2.75) is 52.0 Å². The van der Waals surface area contributed by atoms with E-state index in [1.807, 2.05) is 58.0 Å². The molecule has 1 saturated heterocycles. The summed E-state index contributed by atoms with van der Waals surface area (Å²) < 4.78 is 10.7. The first-order valence-corrected chi connectivity index (χ1v) is 8.73. The molecule has 1 aliphatic heterocycles. The van der Waals surface area contributed by atoms with Gasteiger partial charge in [-0.25, -0.2) is 9.59 Å². The summed E-state index contributed by atoms with van der Waals surface area (Å²) in [6, 6.07) is 9.77. The fraction of sp³-hybridized carbons (Fsp3) is 0.579. The number of alkyl carbamates (subject to hydrolysis) is 1. The summed E-state index contributed by atoms with van der Waals surface area (Å²) >= 11 is 0. The molecule has 0 radical (unpaired) electrons. The Labute approximate surface area is 148 Å². The molecule has 0 bridgehead atoms. The average molecular weight is 346 g/mol. The van der Waals surface area contributed by atoms with E-state index in [0.29, 0.717) is 6.54 Å². The molecule has 1 aliphatic carbocycles. The number of hydrogen-bond donors (Lipinski definition) is 1. The molecule has 2 amide bonds. The highest BCUT2D eigenvalue weighted by Crippen LogP contribution is 2.49. The lowest BCUT2D eigenvalue weighted by Crippen LogP contribution is -2.43. The van der Waals surface area contributed by atoms with Gasteiger partial charge in [0.25, 0.3) is 0 Å². The van der Waals surface area contributed by atoms with E-state index >= 15 is 0 Å². The molecule has 0 unspecified atom stereocenters. The van der Waals surface area contributed by atoms with Crippen LogP contribution < -0.4 is 5.32 Å². The van der Waals surface area contributed by atoms with Crippen molar-refractivity contribution in [1.29, 1.82) is 0 Å². The number of nitrogens with zero attached hydrogens (tertiary/aromatic N) is 1. The van der Waals surface area contributed by atoms with Crippen LogP contribution in [-0.4, -0.2) is 41.3 Å². The normalized spacial score (nSPS) is 27.4. The molecule has 1 N–H and O–H groups in total. The number of carbonyl (C=O) groups is 2. The molecule has 136 valence electrons. The van der Waals surface area contributed by atoms with Gasteiger partial charge in [0.05, 0.1) is 0 Å². The predicted octanol–water partition coefficient (Wildman–Crippen LogP) is 3.17. The molecule has 2 fully saturated rings. The molecule has 4 atom stereocenters. The third-order valence-corrected chi connectivity index (χ3v) is 4.81. The molecule has 25 heavy (non-hydrogen) atoms. The first-order chi connectivity index (χ1) is 11.8. The van der Waals surface area contributed by atoms with E-state index in [0.717, 1.165) is 5.56 Å². The maximum atomic E-state index is 12.3. The summed E-state index contributed by atoms with van der Waals surface area (Å²) in [5.74, 6) is 0.559. The van der Waals surface area contributed by atoms with Crippen LogP contribution >= 0.6 is 0 Å². The lowest BCUT2D eigenvalue weighted by Gasteiger charge is -2.26. The number of carbonyl (C=O) groups excluding carboxylic acids is 2. The minimum Gasteiger partial charge on any atom is -0.445 e. The van der Waals surface area contributed by atoms with E-state index in [1.54, 1.807) is 4.90 Å². The van der Waals surface area contributed by atoms with Crippen LogP contribution in [0.3, 0.4) is 0 Å². The van der Waals surface area contributed by atoms with Crippen molar-refractivity contribution in [3.05, 3.63) is 35.9 Å². The molecule has 2 aliphatic rings. The quantitative estimate of drug-likeness (QED) is 0.913. The maximum Gasteiger partial charge on any atom is 0.410 e. The van der Waals surface area contributed by atoms with Crippen LogP contribution in [-0.2, 0) is 16.1 Å².